The number of hydrogen-bond donors (Lipinski definition) is 2. The fraction of sp³-hybridized carbons (Fsp3) is 0.412. The summed E-state index contributed by atoms with van der Waals surface area (Å²) >= 11 is 0. The summed E-state index contributed by atoms with van der Waals surface area (Å²) in [6, 6.07) is 3.73. The van der Waals surface area contributed by atoms with E-state index in [-0.39, 0.29) is 11.4 Å². The third-order valence-corrected chi connectivity index (χ3v) is 6.03. The fourth-order valence-electron chi connectivity index (χ4n) is 3.01. The molecule has 0 saturated heterocycles. The Labute approximate surface area is 164 Å². The van der Waals surface area contributed by atoms with Gasteiger partial charge in [-0.2, -0.15) is 10.2 Å². The number of aromatic nitrogens is 6. The molecule has 150 valence electrons. The maximum atomic E-state index is 12.5. The number of aryl methyl sites for hydroxylation is 4. The molecule has 0 atom stereocenters. The Morgan fingerprint density at radius 1 is 1.04 bits per heavy atom. The van der Waals surface area contributed by atoms with E-state index >= 15 is 0 Å². The van der Waals surface area contributed by atoms with Crippen molar-refractivity contribution in [2.45, 2.75) is 32.6 Å². The lowest BCUT2D eigenvalue weighted by Gasteiger charge is -2.10. The molecule has 0 radical (unpaired) electrons. The summed E-state index contributed by atoms with van der Waals surface area (Å²) in [4.78, 5) is 8.64. The maximum Gasteiger partial charge on any atom is 0.244 e. The van der Waals surface area contributed by atoms with Gasteiger partial charge in [0, 0.05) is 31.9 Å². The zero-order valence-electron chi connectivity index (χ0n) is 16.6. The van der Waals surface area contributed by atoms with Gasteiger partial charge in [0.1, 0.15) is 17.0 Å². The molecule has 0 aromatic carbocycles. The average molecular weight is 405 g/mol. The molecule has 10 nitrogen and oxygen atoms in total. The summed E-state index contributed by atoms with van der Waals surface area (Å²) in [5.74, 6) is 1.23. The second-order valence-electron chi connectivity index (χ2n) is 6.55. The molecule has 0 unspecified atom stereocenters. The van der Waals surface area contributed by atoms with E-state index in [4.69, 9.17) is 0 Å². The van der Waals surface area contributed by atoms with Crippen LogP contribution in [-0.2, 0) is 17.1 Å². The largest absolute Gasteiger partial charge is 0.369 e. The van der Waals surface area contributed by atoms with Crippen LogP contribution in [0.4, 0.5) is 5.82 Å². The van der Waals surface area contributed by atoms with E-state index in [9.17, 15) is 8.42 Å². The fourth-order valence-corrected chi connectivity index (χ4v) is 4.48. The number of nitrogens with zero attached hydrogens (tertiary/aromatic N) is 6. The van der Waals surface area contributed by atoms with Gasteiger partial charge in [0.15, 0.2) is 5.82 Å². The molecule has 3 rings (SSSR count). The smallest absolute Gasteiger partial charge is 0.244 e. The Hall–Kier alpha value is -2.79. The third-order valence-electron chi connectivity index (χ3n) is 4.31. The van der Waals surface area contributed by atoms with E-state index in [1.165, 1.54) is 6.33 Å². The minimum Gasteiger partial charge on any atom is -0.369 e. The van der Waals surface area contributed by atoms with E-state index in [0.29, 0.717) is 29.6 Å². The zero-order chi connectivity index (χ0) is 20.5. The number of anilines is 1. The SMILES string of the molecule is Cc1cc(C)n(-c2cc(NCCNS(=O)(=O)c3c(C)nn(C)c3C)ncn2)n1. The van der Waals surface area contributed by atoms with Gasteiger partial charge in [0.05, 0.1) is 17.1 Å². The van der Waals surface area contributed by atoms with Crippen LogP contribution in [0.15, 0.2) is 23.4 Å². The van der Waals surface area contributed by atoms with Crippen LogP contribution in [0.25, 0.3) is 5.82 Å². The number of nitrogens with one attached hydrogen (secondary N) is 2. The molecule has 0 amide bonds. The van der Waals surface area contributed by atoms with Gasteiger partial charge in [-0.15, -0.1) is 0 Å². The van der Waals surface area contributed by atoms with Crippen LogP contribution < -0.4 is 10.0 Å². The van der Waals surface area contributed by atoms with E-state index in [0.717, 1.165) is 11.4 Å². The molecule has 3 heterocycles. The number of sulfonamides is 1. The lowest BCUT2D eigenvalue weighted by Crippen LogP contribution is -2.29. The summed E-state index contributed by atoms with van der Waals surface area (Å²) in [5.41, 5.74) is 2.95. The van der Waals surface area contributed by atoms with Crippen molar-refractivity contribution < 1.29 is 8.42 Å². The van der Waals surface area contributed by atoms with Gasteiger partial charge in [0.25, 0.3) is 0 Å². The Balaban J connectivity index is 1.63. The standard InChI is InChI=1S/C17H24N8O2S/c1-11-8-12(2)25(22-11)16-9-15(19-10-20-16)18-6-7-21-28(26,27)17-13(3)23-24(5)14(17)4/h8-10,21H,6-7H2,1-5H3,(H,18,19,20). The third kappa shape index (κ3) is 4.04. The van der Waals surface area contributed by atoms with Crippen molar-refractivity contribution in [2.75, 3.05) is 18.4 Å². The molecule has 28 heavy (non-hydrogen) atoms. The van der Waals surface area contributed by atoms with Crippen molar-refractivity contribution in [1.82, 2.24) is 34.3 Å². The number of rotatable bonds is 7. The van der Waals surface area contributed by atoms with Gasteiger partial charge in [-0.25, -0.2) is 27.8 Å². The predicted molar refractivity (Wildman–Crippen MR) is 105 cm³/mol. The summed E-state index contributed by atoms with van der Waals surface area (Å²) in [7, 11) is -1.91. The Bertz CT molecular complexity index is 1100. The summed E-state index contributed by atoms with van der Waals surface area (Å²) in [5, 5.41) is 11.7. The second kappa shape index (κ2) is 7.68. The van der Waals surface area contributed by atoms with Gasteiger partial charge in [-0.3, -0.25) is 4.68 Å². The predicted octanol–water partition coefficient (Wildman–Crippen LogP) is 1.02. The van der Waals surface area contributed by atoms with E-state index in [1.807, 2.05) is 19.9 Å². The first kappa shape index (κ1) is 20.0. The molecular formula is C17H24N8O2S. The van der Waals surface area contributed by atoms with Crippen LogP contribution in [0.3, 0.4) is 0 Å². The second-order valence-corrected chi connectivity index (χ2v) is 8.25. The molecule has 0 saturated carbocycles. The summed E-state index contributed by atoms with van der Waals surface area (Å²) in [6.45, 7) is 7.85. The highest BCUT2D eigenvalue weighted by atomic mass is 32.2. The minimum atomic E-state index is -3.63. The average Bonchev–Trinajstić information content (AvgIpc) is 3.09. The molecule has 3 aromatic heterocycles. The number of hydrogen-bond acceptors (Lipinski definition) is 7. The maximum absolute atomic E-state index is 12.5. The van der Waals surface area contributed by atoms with Crippen molar-refractivity contribution in [3.63, 3.8) is 0 Å². The molecule has 0 aliphatic carbocycles. The Kier molecular flexibility index (Phi) is 5.47. The van der Waals surface area contributed by atoms with Crippen LogP contribution in [0, 0.1) is 27.7 Å². The van der Waals surface area contributed by atoms with Gasteiger partial charge in [0.2, 0.25) is 10.0 Å². The van der Waals surface area contributed by atoms with Crippen molar-refractivity contribution in [3.8, 4) is 5.82 Å². The van der Waals surface area contributed by atoms with Crippen molar-refractivity contribution in [2.24, 2.45) is 7.05 Å². The molecule has 11 heteroatoms. The zero-order valence-corrected chi connectivity index (χ0v) is 17.4. The van der Waals surface area contributed by atoms with Gasteiger partial charge < -0.3 is 5.32 Å². The molecule has 0 aliphatic heterocycles. The highest BCUT2D eigenvalue weighted by Crippen LogP contribution is 2.18. The highest BCUT2D eigenvalue weighted by Gasteiger charge is 2.23. The normalized spacial score (nSPS) is 11.8. The van der Waals surface area contributed by atoms with E-state index in [1.54, 1.807) is 36.3 Å². The summed E-state index contributed by atoms with van der Waals surface area (Å²) in [6.07, 6.45) is 1.45. The van der Waals surface area contributed by atoms with Crippen LogP contribution in [-0.4, -0.2) is 51.0 Å². The quantitative estimate of drug-likeness (QED) is 0.564. The first-order chi connectivity index (χ1) is 13.2. The monoisotopic (exact) mass is 404 g/mol. The first-order valence-electron chi connectivity index (χ1n) is 8.78. The molecule has 0 fully saturated rings. The first-order valence-corrected chi connectivity index (χ1v) is 10.3. The molecule has 0 spiro atoms. The minimum absolute atomic E-state index is 0.204. The Morgan fingerprint density at radius 3 is 2.39 bits per heavy atom. The van der Waals surface area contributed by atoms with Gasteiger partial charge in [-0.05, 0) is 33.8 Å². The highest BCUT2D eigenvalue weighted by molar-refractivity contribution is 7.89. The topological polar surface area (TPSA) is 120 Å². The van der Waals surface area contributed by atoms with Crippen LogP contribution in [0.5, 0.6) is 0 Å². The molecule has 2 N–H and O–H groups in total. The van der Waals surface area contributed by atoms with E-state index < -0.39 is 10.0 Å². The van der Waals surface area contributed by atoms with Gasteiger partial charge >= 0.3 is 0 Å². The van der Waals surface area contributed by atoms with Crippen molar-refractivity contribution >= 4 is 15.8 Å². The molecule has 0 aliphatic rings. The summed E-state index contributed by atoms with van der Waals surface area (Å²) < 4.78 is 31.0. The Morgan fingerprint density at radius 2 is 1.79 bits per heavy atom. The van der Waals surface area contributed by atoms with Crippen LogP contribution >= 0.6 is 0 Å². The van der Waals surface area contributed by atoms with Gasteiger partial charge in [-0.1, -0.05) is 0 Å². The molecule has 0 bridgehead atoms. The molecular weight excluding hydrogens is 380 g/mol. The van der Waals surface area contributed by atoms with Crippen molar-refractivity contribution in [1.29, 1.82) is 0 Å². The lowest BCUT2D eigenvalue weighted by atomic mass is 10.4. The van der Waals surface area contributed by atoms with Crippen LogP contribution in [0.1, 0.15) is 22.8 Å². The lowest BCUT2D eigenvalue weighted by molar-refractivity contribution is 0.581. The van der Waals surface area contributed by atoms with Crippen LogP contribution in [0.2, 0.25) is 0 Å². The molecule has 3 aromatic rings. The van der Waals surface area contributed by atoms with E-state index in [2.05, 4.69) is 30.2 Å². The van der Waals surface area contributed by atoms with Crippen molar-refractivity contribution in [3.05, 3.63) is 41.2 Å².